The topological polar surface area (TPSA) is 42.9 Å². The molecule has 0 bridgehead atoms. The fourth-order valence-corrected chi connectivity index (χ4v) is 9.76. The van der Waals surface area contributed by atoms with Crippen LogP contribution in [0.3, 0.4) is 0 Å². The average molecular weight is 427 g/mol. The number of hydrogen-bond acceptors (Lipinski definition) is 2. The molecule has 3 saturated carbocycles. The zero-order chi connectivity index (χ0) is 21.5. The van der Waals surface area contributed by atoms with Gasteiger partial charge in [0.25, 0.3) is 0 Å². The number of nitrogens with two attached hydrogens (primary N) is 1. The third kappa shape index (κ3) is 3.01. The van der Waals surface area contributed by atoms with Crippen molar-refractivity contribution in [3.8, 4) is 0 Å². The molecule has 172 valence electrons. The first-order valence-electron chi connectivity index (χ1n) is 13.5. The highest BCUT2D eigenvalue weighted by Gasteiger charge is 2.60. The minimum absolute atomic E-state index is 0.0885. The van der Waals surface area contributed by atoms with Gasteiger partial charge in [0.2, 0.25) is 0 Å². The standard InChI is InChI=1S/C28H43NO2/c1-16-11-25-26(29-15-16)18(3)28(31-25)10-8-21-22-6-5-19-12-20(30)7-9-27(19,4)24(22)13-23(21)17(2)14-28/h16,18-19,21-22,24-26,29H,5-15H2,1-4H3/p+1/t16-,18+,19+,21-,22-,24-,25+,26-,27-,28-/m0/s1. The molecule has 3 nitrogen and oxygen atoms in total. The second-order valence-corrected chi connectivity index (χ2v) is 13.0. The van der Waals surface area contributed by atoms with Crippen LogP contribution >= 0.6 is 0 Å². The Labute approximate surface area is 189 Å². The molecule has 2 heterocycles. The fourth-order valence-electron chi connectivity index (χ4n) is 9.76. The van der Waals surface area contributed by atoms with Gasteiger partial charge in [0.1, 0.15) is 17.9 Å². The first kappa shape index (κ1) is 20.9. The lowest BCUT2D eigenvalue weighted by atomic mass is 9.52. The molecule has 10 atom stereocenters. The molecular formula is C28H44NO2+. The van der Waals surface area contributed by atoms with Crippen LogP contribution in [0.2, 0.25) is 0 Å². The van der Waals surface area contributed by atoms with E-state index in [1.165, 1.54) is 51.5 Å². The lowest BCUT2D eigenvalue weighted by molar-refractivity contribution is -0.710. The first-order chi connectivity index (χ1) is 14.8. The molecule has 6 aliphatic rings. The molecule has 0 aromatic rings. The van der Waals surface area contributed by atoms with Crippen LogP contribution in [0.15, 0.2) is 11.1 Å². The molecule has 2 saturated heterocycles. The lowest BCUT2D eigenvalue weighted by Crippen LogP contribution is -2.96. The smallest absolute Gasteiger partial charge is 0.133 e. The van der Waals surface area contributed by atoms with Gasteiger partial charge >= 0.3 is 0 Å². The molecule has 0 amide bonds. The molecule has 0 aromatic carbocycles. The Kier molecular flexibility index (Phi) is 4.83. The van der Waals surface area contributed by atoms with Crippen molar-refractivity contribution < 1.29 is 14.8 Å². The third-order valence-corrected chi connectivity index (χ3v) is 11.6. The van der Waals surface area contributed by atoms with Crippen LogP contribution in [0.4, 0.5) is 0 Å². The summed E-state index contributed by atoms with van der Waals surface area (Å²) in [6.45, 7) is 11.2. The van der Waals surface area contributed by atoms with Gasteiger partial charge in [-0.1, -0.05) is 31.9 Å². The van der Waals surface area contributed by atoms with E-state index in [2.05, 4.69) is 33.0 Å². The van der Waals surface area contributed by atoms with E-state index < -0.39 is 0 Å². The molecule has 31 heavy (non-hydrogen) atoms. The van der Waals surface area contributed by atoms with Crippen LogP contribution in [0, 0.1) is 40.9 Å². The number of rotatable bonds is 0. The maximum Gasteiger partial charge on any atom is 0.133 e. The number of Topliss-reactive ketones (excluding diaryl/α,β-unsaturated/α-hetero) is 1. The van der Waals surface area contributed by atoms with E-state index in [9.17, 15) is 4.79 Å². The molecule has 4 aliphatic carbocycles. The van der Waals surface area contributed by atoms with E-state index in [1.807, 2.05) is 5.57 Å². The number of quaternary nitrogens is 1. The van der Waals surface area contributed by atoms with Crippen molar-refractivity contribution in [1.82, 2.24) is 0 Å². The van der Waals surface area contributed by atoms with Crippen molar-refractivity contribution in [3.63, 3.8) is 0 Å². The highest BCUT2D eigenvalue weighted by Crippen LogP contribution is 2.64. The second kappa shape index (κ2) is 7.16. The quantitative estimate of drug-likeness (QED) is 0.573. The maximum atomic E-state index is 12.2. The summed E-state index contributed by atoms with van der Waals surface area (Å²) in [6.07, 6.45) is 12.3. The van der Waals surface area contributed by atoms with E-state index in [-0.39, 0.29) is 5.60 Å². The SMILES string of the molecule is CC1=C2C[C@H]3[C@@H](CC[C@@H]4CC(=O)CC[C@@]43C)[C@@H]2CC[C@@]2(C1)O[C@@H]1C[C@H](C)C[NH2+][C@H]1[C@H]2C. The highest BCUT2D eigenvalue weighted by atomic mass is 16.5. The summed E-state index contributed by atoms with van der Waals surface area (Å²) in [5, 5.41) is 2.62. The predicted octanol–water partition coefficient (Wildman–Crippen LogP) is 4.65. The number of piperidine rings is 1. The van der Waals surface area contributed by atoms with Gasteiger partial charge in [-0.3, -0.25) is 4.79 Å². The molecule has 0 radical (unpaired) electrons. The summed E-state index contributed by atoms with van der Waals surface area (Å²) >= 11 is 0. The number of hydrogen-bond donors (Lipinski definition) is 1. The Bertz CT molecular complexity index is 803. The lowest BCUT2D eigenvalue weighted by Gasteiger charge is -2.52. The van der Waals surface area contributed by atoms with Crippen LogP contribution in [0.5, 0.6) is 0 Å². The molecule has 6 rings (SSSR count). The van der Waals surface area contributed by atoms with Crippen LogP contribution in [-0.4, -0.2) is 30.1 Å². The Hall–Kier alpha value is -0.670. The van der Waals surface area contributed by atoms with Gasteiger partial charge in [0.15, 0.2) is 0 Å². The largest absolute Gasteiger partial charge is 0.365 e. The van der Waals surface area contributed by atoms with Gasteiger partial charge in [-0.25, -0.2) is 0 Å². The highest BCUT2D eigenvalue weighted by molar-refractivity contribution is 5.79. The third-order valence-electron chi connectivity index (χ3n) is 11.6. The molecular weight excluding hydrogens is 382 g/mol. The van der Waals surface area contributed by atoms with Crippen LogP contribution in [0.1, 0.15) is 91.9 Å². The van der Waals surface area contributed by atoms with E-state index in [4.69, 9.17) is 4.74 Å². The zero-order valence-corrected chi connectivity index (χ0v) is 20.3. The number of carbonyl (C=O) groups excluding carboxylic acids is 1. The van der Waals surface area contributed by atoms with Gasteiger partial charge < -0.3 is 10.1 Å². The minimum atomic E-state index is 0.0885. The normalized spacial score (nSPS) is 54.3. The predicted molar refractivity (Wildman–Crippen MR) is 122 cm³/mol. The summed E-state index contributed by atoms with van der Waals surface area (Å²) in [4.78, 5) is 12.2. The van der Waals surface area contributed by atoms with E-state index >= 15 is 0 Å². The van der Waals surface area contributed by atoms with Gasteiger partial charge in [-0.05, 0) is 87.4 Å². The first-order valence-corrected chi connectivity index (χ1v) is 13.5. The van der Waals surface area contributed by atoms with E-state index in [0.717, 1.165) is 42.9 Å². The Morgan fingerprint density at radius 1 is 1.10 bits per heavy atom. The van der Waals surface area contributed by atoms with Crippen molar-refractivity contribution in [3.05, 3.63) is 11.1 Å². The molecule has 3 heteroatoms. The minimum Gasteiger partial charge on any atom is -0.365 e. The number of fused-ring (bicyclic) bond motifs is 6. The molecule has 2 N–H and O–H groups in total. The monoisotopic (exact) mass is 426 g/mol. The fraction of sp³-hybridized carbons (Fsp3) is 0.893. The summed E-state index contributed by atoms with van der Waals surface area (Å²) in [6, 6.07) is 0.675. The Balaban J connectivity index is 1.28. The van der Waals surface area contributed by atoms with Gasteiger partial charge in [-0.2, -0.15) is 0 Å². The Morgan fingerprint density at radius 3 is 2.77 bits per heavy atom. The number of allylic oxidation sites excluding steroid dienone is 1. The molecule has 1 spiro atoms. The molecule has 2 aliphatic heterocycles. The summed E-state index contributed by atoms with van der Waals surface area (Å²) < 4.78 is 7.04. The van der Waals surface area contributed by atoms with Crippen molar-refractivity contribution in [1.29, 1.82) is 0 Å². The van der Waals surface area contributed by atoms with Crippen LogP contribution in [-0.2, 0) is 9.53 Å². The molecule has 0 aromatic heterocycles. The van der Waals surface area contributed by atoms with Crippen molar-refractivity contribution >= 4 is 5.78 Å². The Morgan fingerprint density at radius 2 is 1.94 bits per heavy atom. The average Bonchev–Trinajstić information content (AvgIpc) is 3.19. The molecule has 0 unspecified atom stereocenters. The van der Waals surface area contributed by atoms with Crippen molar-refractivity contribution in [2.45, 2.75) is 110 Å². The van der Waals surface area contributed by atoms with Crippen molar-refractivity contribution in [2.24, 2.45) is 40.9 Å². The van der Waals surface area contributed by atoms with Gasteiger partial charge in [0.05, 0.1) is 12.1 Å². The van der Waals surface area contributed by atoms with Gasteiger partial charge in [0, 0.05) is 24.7 Å². The second-order valence-electron chi connectivity index (χ2n) is 13.0. The summed E-state index contributed by atoms with van der Waals surface area (Å²) in [7, 11) is 0. The summed E-state index contributed by atoms with van der Waals surface area (Å²) in [5.41, 5.74) is 4.01. The van der Waals surface area contributed by atoms with E-state index in [0.29, 0.717) is 35.2 Å². The van der Waals surface area contributed by atoms with E-state index in [1.54, 1.807) is 5.57 Å². The molecule has 5 fully saturated rings. The number of ether oxygens (including phenoxy) is 1. The number of carbonyl (C=O) groups is 1. The van der Waals surface area contributed by atoms with Crippen molar-refractivity contribution in [2.75, 3.05) is 6.54 Å². The number of ketones is 1. The van der Waals surface area contributed by atoms with Gasteiger partial charge in [-0.15, -0.1) is 0 Å². The van der Waals surface area contributed by atoms with Crippen LogP contribution in [0.25, 0.3) is 0 Å². The summed E-state index contributed by atoms with van der Waals surface area (Å²) in [5.74, 6) is 5.11. The van der Waals surface area contributed by atoms with Crippen LogP contribution < -0.4 is 5.32 Å². The zero-order valence-electron chi connectivity index (χ0n) is 20.3. The maximum absolute atomic E-state index is 12.2.